The van der Waals surface area contributed by atoms with E-state index >= 15 is 0 Å². The topological polar surface area (TPSA) is 49.4 Å². The minimum absolute atomic E-state index is 0.0182. The van der Waals surface area contributed by atoms with Crippen LogP contribution in [0.2, 0.25) is 0 Å². The maximum Gasteiger partial charge on any atom is 0.232 e. The van der Waals surface area contributed by atoms with E-state index in [-0.39, 0.29) is 11.8 Å². The molecule has 2 rings (SSSR count). The third kappa shape index (κ3) is 5.79. The van der Waals surface area contributed by atoms with E-state index in [0.717, 1.165) is 31.5 Å². The summed E-state index contributed by atoms with van der Waals surface area (Å²) in [6.45, 7) is 2.29. The Balaban J connectivity index is 1.59. The summed E-state index contributed by atoms with van der Waals surface area (Å²) in [5.41, 5.74) is 1.08. The SMILES string of the molecule is O=C(CSCC(=O)N1CCCCC1)NCc1ccccc1. The quantitative estimate of drug-likeness (QED) is 0.875. The Bertz CT molecular complexity index is 459. The predicted octanol–water partition coefficient (Wildman–Crippen LogP) is 2.05. The van der Waals surface area contributed by atoms with Gasteiger partial charge in [-0.25, -0.2) is 0 Å². The molecule has 1 heterocycles. The Morgan fingerprint density at radius 1 is 1.05 bits per heavy atom. The van der Waals surface area contributed by atoms with Crippen molar-refractivity contribution in [1.29, 1.82) is 0 Å². The van der Waals surface area contributed by atoms with Gasteiger partial charge in [-0.15, -0.1) is 11.8 Å². The molecule has 1 aromatic carbocycles. The summed E-state index contributed by atoms with van der Waals surface area (Å²) >= 11 is 1.40. The normalized spacial score (nSPS) is 14.8. The molecule has 0 bridgehead atoms. The molecule has 5 heteroatoms. The fraction of sp³-hybridized carbons (Fsp3) is 0.500. The van der Waals surface area contributed by atoms with E-state index in [1.165, 1.54) is 18.2 Å². The van der Waals surface area contributed by atoms with Crippen LogP contribution in [-0.4, -0.2) is 41.3 Å². The molecule has 1 N–H and O–H groups in total. The van der Waals surface area contributed by atoms with Gasteiger partial charge in [0.1, 0.15) is 0 Å². The van der Waals surface area contributed by atoms with Crippen molar-refractivity contribution in [3.05, 3.63) is 35.9 Å². The fourth-order valence-electron chi connectivity index (χ4n) is 2.31. The van der Waals surface area contributed by atoms with Gasteiger partial charge in [-0.2, -0.15) is 0 Å². The van der Waals surface area contributed by atoms with E-state index in [1.54, 1.807) is 0 Å². The number of hydrogen-bond acceptors (Lipinski definition) is 3. The van der Waals surface area contributed by atoms with Crippen molar-refractivity contribution in [2.24, 2.45) is 0 Å². The van der Waals surface area contributed by atoms with Crippen molar-refractivity contribution < 1.29 is 9.59 Å². The molecule has 1 aromatic rings. The molecular formula is C16H22N2O2S. The lowest BCUT2D eigenvalue weighted by Gasteiger charge is -2.26. The molecule has 0 radical (unpaired) electrons. The highest BCUT2D eigenvalue weighted by molar-refractivity contribution is 8.00. The summed E-state index contributed by atoms with van der Waals surface area (Å²) < 4.78 is 0. The zero-order valence-corrected chi connectivity index (χ0v) is 13.0. The summed E-state index contributed by atoms with van der Waals surface area (Å²) in [5, 5.41) is 2.87. The molecule has 0 atom stereocenters. The second-order valence-corrected chi connectivity index (χ2v) is 6.18. The van der Waals surface area contributed by atoms with Crippen LogP contribution in [-0.2, 0) is 16.1 Å². The number of amides is 2. The Hall–Kier alpha value is -1.49. The minimum Gasteiger partial charge on any atom is -0.351 e. The van der Waals surface area contributed by atoms with Crippen LogP contribution in [0.1, 0.15) is 24.8 Å². The lowest BCUT2D eigenvalue weighted by Crippen LogP contribution is -2.37. The third-order valence-corrected chi connectivity index (χ3v) is 4.42. The van der Waals surface area contributed by atoms with E-state index < -0.39 is 0 Å². The molecule has 1 aliphatic heterocycles. The van der Waals surface area contributed by atoms with Gasteiger partial charge in [0.25, 0.3) is 0 Å². The van der Waals surface area contributed by atoms with Gasteiger partial charge in [-0.05, 0) is 24.8 Å². The van der Waals surface area contributed by atoms with Gasteiger partial charge in [-0.3, -0.25) is 9.59 Å². The number of carbonyl (C=O) groups excluding carboxylic acids is 2. The predicted molar refractivity (Wildman–Crippen MR) is 86.0 cm³/mol. The minimum atomic E-state index is -0.0182. The van der Waals surface area contributed by atoms with E-state index in [9.17, 15) is 9.59 Å². The number of rotatable bonds is 6. The van der Waals surface area contributed by atoms with E-state index in [2.05, 4.69) is 5.32 Å². The van der Waals surface area contributed by atoms with Crippen LogP contribution >= 0.6 is 11.8 Å². The Labute approximate surface area is 130 Å². The molecular weight excluding hydrogens is 284 g/mol. The van der Waals surface area contributed by atoms with Gasteiger partial charge < -0.3 is 10.2 Å². The second kappa shape index (κ2) is 8.72. The van der Waals surface area contributed by atoms with Gasteiger partial charge in [0.05, 0.1) is 11.5 Å². The van der Waals surface area contributed by atoms with Crippen LogP contribution < -0.4 is 5.32 Å². The van der Waals surface area contributed by atoms with Crippen molar-refractivity contribution in [2.45, 2.75) is 25.8 Å². The molecule has 1 fully saturated rings. The first-order valence-electron chi connectivity index (χ1n) is 7.42. The van der Waals surface area contributed by atoms with Gasteiger partial charge in [-0.1, -0.05) is 30.3 Å². The zero-order valence-electron chi connectivity index (χ0n) is 12.2. The highest BCUT2D eigenvalue weighted by Gasteiger charge is 2.16. The highest BCUT2D eigenvalue weighted by atomic mass is 32.2. The van der Waals surface area contributed by atoms with Crippen molar-refractivity contribution >= 4 is 23.6 Å². The van der Waals surface area contributed by atoms with Crippen LogP contribution in [0.4, 0.5) is 0 Å². The number of likely N-dealkylation sites (tertiary alicyclic amines) is 1. The summed E-state index contributed by atoms with van der Waals surface area (Å²) in [5.74, 6) is 0.886. The maximum absolute atomic E-state index is 11.9. The molecule has 0 aromatic heterocycles. The van der Waals surface area contributed by atoms with Gasteiger partial charge in [0, 0.05) is 19.6 Å². The van der Waals surface area contributed by atoms with E-state index in [1.807, 2.05) is 35.2 Å². The molecule has 21 heavy (non-hydrogen) atoms. The van der Waals surface area contributed by atoms with E-state index in [0.29, 0.717) is 18.1 Å². The fourth-order valence-corrected chi connectivity index (χ4v) is 3.06. The molecule has 4 nitrogen and oxygen atoms in total. The number of thioether (sulfide) groups is 1. The Morgan fingerprint density at radius 2 is 1.76 bits per heavy atom. The van der Waals surface area contributed by atoms with Crippen LogP contribution in [0, 0.1) is 0 Å². The summed E-state index contributed by atoms with van der Waals surface area (Å²) in [4.78, 5) is 25.6. The first kappa shape index (κ1) is 15.9. The molecule has 0 aliphatic carbocycles. The average Bonchev–Trinajstić information content (AvgIpc) is 2.54. The van der Waals surface area contributed by atoms with Gasteiger partial charge in [0.15, 0.2) is 0 Å². The monoisotopic (exact) mass is 306 g/mol. The standard InChI is InChI=1S/C16H22N2O2S/c19-15(17-11-14-7-3-1-4-8-14)12-21-13-16(20)18-9-5-2-6-10-18/h1,3-4,7-8H,2,5-6,9-13H2,(H,17,19). The highest BCUT2D eigenvalue weighted by Crippen LogP contribution is 2.11. The second-order valence-electron chi connectivity index (χ2n) is 5.20. The van der Waals surface area contributed by atoms with Crippen molar-refractivity contribution in [3.8, 4) is 0 Å². The number of hydrogen-bond donors (Lipinski definition) is 1. The Morgan fingerprint density at radius 3 is 2.48 bits per heavy atom. The van der Waals surface area contributed by atoms with Crippen LogP contribution in [0.25, 0.3) is 0 Å². The molecule has 0 saturated carbocycles. The molecule has 2 amide bonds. The van der Waals surface area contributed by atoms with Gasteiger partial charge >= 0.3 is 0 Å². The maximum atomic E-state index is 11.9. The molecule has 0 unspecified atom stereocenters. The number of benzene rings is 1. The number of nitrogens with zero attached hydrogens (tertiary/aromatic N) is 1. The molecule has 1 aliphatic rings. The van der Waals surface area contributed by atoms with Crippen molar-refractivity contribution in [3.63, 3.8) is 0 Å². The first-order chi connectivity index (χ1) is 10.3. The van der Waals surface area contributed by atoms with Crippen molar-refractivity contribution in [1.82, 2.24) is 10.2 Å². The third-order valence-electron chi connectivity index (χ3n) is 3.50. The smallest absolute Gasteiger partial charge is 0.232 e. The number of piperidine rings is 1. The summed E-state index contributed by atoms with van der Waals surface area (Å²) in [6, 6.07) is 9.81. The average molecular weight is 306 g/mol. The molecule has 0 spiro atoms. The Kier molecular flexibility index (Phi) is 6.60. The van der Waals surface area contributed by atoms with Crippen molar-refractivity contribution in [2.75, 3.05) is 24.6 Å². The summed E-state index contributed by atoms with van der Waals surface area (Å²) in [6.07, 6.45) is 3.43. The van der Waals surface area contributed by atoms with Crippen LogP contribution in [0.3, 0.4) is 0 Å². The summed E-state index contributed by atoms with van der Waals surface area (Å²) in [7, 11) is 0. The zero-order chi connectivity index (χ0) is 14.9. The number of nitrogens with one attached hydrogen (secondary N) is 1. The molecule has 1 saturated heterocycles. The lowest BCUT2D eigenvalue weighted by molar-refractivity contribution is -0.129. The molecule has 114 valence electrons. The lowest BCUT2D eigenvalue weighted by atomic mass is 10.1. The largest absolute Gasteiger partial charge is 0.351 e. The van der Waals surface area contributed by atoms with E-state index in [4.69, 9.17) is 0 Å². The van der Waals surface area contributed by atoms with Crippen LogP contribution in [0.5, 0.6) is 0 Å². The number of carbonyl (C=O) groups is 2. The van der Waals surface area contributed by atoms with Crippen LogP contribution in [0.15, 0.2) is 30.3 Å². The van der Waals surface area contributed by atoms with Gasteiger partial charge in [0.2, 0.25) is 11.8 Å². The first-order valence-corrected chi connectivity index (χ1v) is 8.57.